The molecule has 0 saturated heterocycles. The van der Waals surface area contributed by atoms with Gasteiger partial charge in [-0.15, -0.1) is 0 Å². The number of pyridine rings is 1. The van der Waals surface area contributed by atoms with Crippen molar-refractivity contribution in [3.63, 3.8) is 0 Å². The first-order valence-corrected chi connectivity index (χ1v) is 11.5. The quantitative estimate of drug-likeness (QED) is 0.468. The summed E-state index contributed by atoms with van der Waals surface area (Å²) < 4.78 is 37.4. The SMILES string of the molecule is CCc1c(OCc2cccc(S(=O)(=O)c3cncc(C(=O)O)c3)c2)ccc(C(C)=O)c1OC. The highest BCUT2D eigenvalue weighted by Gasteiger charge is 2.21. The van der Waals surface area contributed by atoms with Crippen molar-refractivity contribution in [3.05, 3.63) is 77.1 Å². The number of sulfone groups is 1. The van der Waals surface area contributed by atoms with E-state index in [2.05, 4.69) is 4.98 Å². The van der Waals surface area contributed by atoms with Crippen LogP contribution in [-0.2, 0) is 22.9 Å². The number of carboxylic acids is 1. The van der Waals surface area contributed by atoms with Gasteiger partial charge in [0.25, 0.3) is 0 Å². The number of methoxy groups -OCH3 is 1. The molecule has 0 aliphatic rings. The molecule has 2 aromatic carbocycles. The Morgan fingerprint density at radius 2 is 1.82 bits per heavy atom. The Balaban J connectivity index is 1.89. The normalized spacial score (nSPS) is 11.1. The minimum absolute atomic E-state index is 0.00633. The lowest BCUT2D eigenvalue weighted by Gasteiger charge is -2.16. The summed E-state index contributed by atoms with van der Waals surface area (Å²) >= 11 is 0. The number of carbonyl (C=O) groups excluding carboxylic acids is 1. The minimum atomic E-state index is -3.98. The highest BCUT2D eigenvalue weighted by atomic mass is 32.2. The molecule has 9 heteroatoms. The second-order valence-corrected chi connectivity index (χ2v) is 9.14. The van der Waals surface area contributed by atoms with Crippen LogP contribution in [0.2, 0.25) is 0 Å². The van der Waals surface area contributed by atoms with E-state index < -0.39 is 15.8 Å². The van der Waals surface area contributed by atoms with Crippen LogP contribution >= 0.6 is 0 Å². The van der Waals surface area contributed by atoms with Gasteiger partial charge in [0.2, 0.25) is 9.84 Å². The molecule has 0 amide bonds. The molecule has 0 saturated carbocycles. The summed E-state index contributed by atoms with van der Waals surface area (Å²) in [5, 5.41) is 9.12. The lowest BCUT2D eigenvalue weighted by molar-refractivity contribution is 0.0696. The molecule has 172 valence electrons. The smallest absolute Gasteiger partial charge is 0.337 e. The zero-order chi connectivity index (χ0) is 24.2. The van der Waals surface area contributed by atoms with E-state index in [9.17, 15) is 18.0 Å². The van der Waals surface area contributed by atoms with E-state index in [1.807, 2.05) is 6.92 Å². The largest absolute Gasteiger partial charge is 0.496 e. The Morgan fingerprint density at radius 1 is 1.06 bits per heavy atom. The molecule has 3 rings (SSSR count). The molecule has 0 aliphatic heterocycles. The highest BCUT2D eigenvalue weighted by molar-refractivity contribution is 7.91. The number of carbonyl (C=O) groups is 2. The predicted molar refractivity (Wildman–Crippen MR) is 120 cm³/mol. The van der Waals surface area contributed by atoms with E-state index in [4.69, 9.17) is 14.6 Å². The zero-order valence-corrected chi connectivity index (χ0v) is 19.2. The topological polar surface area (TPSA) is 120 Å². The van der Waals surface area contributed by atoms with Gasteiger partial charge in [0, 0.05) is 18.0 Å². The van der Waals surface area contributed by atoms with Gasteiger partial charge < -0.3 is 14.6 Å². The van der Waals surface area contributed by atoms with Crippen molar-refractivity contribution in [3.8, 4) is 11.5 Å². The number of aromatic carboxylic acids is 1. The van der Waals surface area contributed by atoms with E-state index in [0.717, 1.165) is 24.0 Å². The predicted octanol–water partition coefficient (Wildman–Crippen LogP) is 3.97. The summed E-state index contributed by atoms with van der Waals surface area (Å²) in [6.07, 6.45) is 2.77. The van der Waals surface area contributed by atoms with Gasteiger partial charge in [-0.3, -0.25) is 9.78 Å². The molecule has 8 nitrogen and oxygen atoms in total. The van der Waals surface area contributed by atoms with Crippen molar-refractivity contribution in [2.45, 2.75) is 36.7 Å². The van der Waals surface area contributed by atoms with Crippen molar-refractivity contribution in [1.29, 1.82) is 0 Å². The van der Waals surface area contributed by atoms with Crippen molar-refractivity contribution in [2.75, 3.05) is 7.11 Å². The molecule has 0 atom stereocenters. The van der Waals surface area contributed by atoms with Crippen LogP contribution in [0.1, 0.15) is 45.7 Å². The van der Waals surface area contributed by atoms with E-state index in [1.165, 1.54) is 26.2 Å². The molecule has 0 spiro atoms. The maximum atomic E-state index is 13.0. The van der Waals surface area contributed by atoms with Crippen LogP contribution in [0.4, 0.5) is 0 Å². The summed E-state index contributed by atoms with van der Waals surface area (Å²) in [6, 6.07) is 10.6. The van der Waals surface area contributed by atoms with Crippen LogP contribution < -0.4 is 9.47 Å². The lowest BCUT2D eigenvalue weighted by Crippen LogP contribution is -2.07. The van der Waals surface area contributed by atoms with Crippen LogP contribution in [0.25, 0.3) is 0 Å². The number of benzene rings is 2. The Labute approximate surface area is 191 Å². The molecule has 0 fully saturated rings. The number of rotatable bonds is 9. The first-order valence-electron chi connectivity index (χ1n) is 10.0. The Morgan fingerprint density at radius 3 is 2.45 bits per heavy atom. The fourth-order valence-corrected chi connectivity index (χ4v) is 4.69. The summed E-state index contributed by atoms with van der Waals surface area (Å²) in [4.78, 5) is 26.6. The molecular formula is C24H23NO7S. The molecule has 1 heterocycles. The molecular weight excluding hydrogens is 446 g/mol. The molecule has 3 aromatic rings. The maximum Gasteiger partial charge on any atom is 0.337 e. The van der Waals surface area contributed by atoms with E-state index in [0.29, 0.717) is 29.0 Å². The maximum absolute atomic E-state index is 13.0. The third-order valence-corrected chi connectivity index (χ3v) is 6.75. The Kier molecular flexibility index (Phi) is 7.13. The number of ether oxygens (including phenoxy) is 2. The first-order chi connectivity index (χ1) is 15.7. The van der Waals surface area contributed by atoms with Gasteiger partial charge >= 0.3 is 5.97 Å². The van der Waals surface area contributed by atoms with Crippen molar-refractivity contribution < 1.29 is 32.6 Å². The number of ketones is 1. The second kappa shape index (κ2) is 9.83. The summed E-state index contributed by atoms with van der Waals surface area (Å²) in [5.41, 5.74) is 1.58. The fraction of sp³-hybridized carbons (Fsp3) is 0.208. The number of aromatic nitrogens is 1. The van der Waals surface area contributed by atoms with Gasteiger partial charge in [-0.2, -0.15) is 0 Å². The molecule has 0 aliphatic carbocycles. The average molecular weight is 470 g/mol. The van der Waals surface area contributed by atoms with Crippen molar-refractivity contribution >= 4 is 21.6 Å². The number of Topliss-reactive ketones (excluding diaryl/α,β-unsaturated/α-hetero) is 1. The average Bonchev–Trinajstić information content (AvgIpc) is 2.82. The van der Waals surface area contributed by atoms with Gasteiger partial charge in [-0.05, 0) is 49.2 Å². The summed E-state index contributed by atoms with van der Waals surface area (Å²) in [7, 11) is -2.48. The first kappa shape index (κ1) is 23.9. The number of hydrogen-bond acceptors (Lipinski definition) is 7. The second-order valence-electron chi connectivity index (χ2n) is 7.19. The van der Waals surface area contributed by atoms with E-state index in [1.54, 1.807) is 24.3 Å². The van der Waals surface area contributed by atoms with Crippen LogP contribution in [0, 0.1) is 0 Å². The summed E-state index contributed by atoms with van der Waals surface area (Å²) in [6.45, 7) is 3.46. The lowest BCUT2D eigenvalue weighted by atomic mass is 10.0. The molecule has 33 heavy (non-hydrogen) atoms. The minimum Gasteiger partial charge on any atom is -0.496 e. The van der Waals surface area contributed by atoms with Crippen LogP contribution in [0.5, 0.6) is 11.5 Å². The third kappa shape index (κ3) is 5.04. The number of carboxylic acid groups (broad SMARTS) is 1. The van der Waals surface area contributed by atoms with Gasteiger partial charge in [0.15, 0.2) is 5.78 Å². The molecule has 0 radical (unpaired) electrons. The van der Waals surface area contributed by atoms with Crippen molar-refractivity contribution in [1.82, 2.24) is 4.98 Å². The molecule has 0 unspecified atom stereocenters. The monoisotopic (exact) mass is 469 g/mol. The number of nitrogens with zero attached hydrogens (tertiary/aromatic N) is 1. The molecule has 1 aromatic heterocycles. The molecule has 0 bridgehead atoms. The fourth-order valence-electron chi connectivity index (χ4n) is 3.37. The summed E-state index contributed by atoms with van der Waals surface area (Å²) in [5.74, 6) is -0.386. The van der Waals surface area contributed by atoms with Gasteiger partial charge in [-0.1, -0.05) is 19.1 Å². The zero-order valence-electron chi connectivity index (χ0n) is 18.4. The van der Waals surface area contributed by atoms with Crippen LogP contribution in [-0.4, -0.2) is 37.4 Å². The highest BCUT2D eigenvalue weighted by Crippen LogP contribution is 2.34. The van der Waals surface area contributed by atoms with Gasteiger partial charge in [0.05, 0.1) is 28.0 Å². The number of hydrogen-bond donors (Lipinski definition) is 1. The van der Waals surface area contributed by atoms with Crippen molar-refractivity contribution in [2.24, 2.45) is 0 Å². The Bertz CT molecular complexity index is 1320. The Hall–Kier alpha value is -3.72. The van der Waals surface area contributed by atoms with Gasteiger partial charge in [0.1, 0.15) is 18.1 Å². The van der Waals surface area contributed by atoms with E-state index >= 15 is 0 Å². The van der Waals surface area contributed by atoms with Crippen LogP contribution in [0.3, 0.4) is 0 Å². The third-order valence-electron chi connectivity index (χ3n) is 5.03. The van der Waals surface area contributed by atoms with Crippen LogP contribution in [0.15, 0.2) is 64.6 Å². The molecule has 1 N–H and O–H groups in total. The standard InChI is InChI=1S/C24H23NO7S/c1-4-20-22(9-8-21(15(2)26)23(20)31-3)32-14-16-6-5-7-18(10-16)33(29,30)19-11-17(24(27)28)12-25-13-19/h5-13H,4,14H2,1-3H3,(H,27,28). The van der Waals surface area contributed by atoms with Gasteiger partial charge in [-0.25, -0.2) is 13.2 Å². The van der Waals surface area contributed by atoms with E-state index in [-0.39, 0.29) is 27.7 Å².